The number of hydrogen-bond acceptors (Lipinski definition) is 1. The lowest BCUT2D eigenvalue weighted by molar-refractivity contribution is -0.162. The van der Waals surface area contributed by atoms with Gasteiger partial charge in [0.1, 0.15) is 0 Å². The van der Waals surface area contributed by atoms with Crippen LogP contribution in [0.4, 0.5) is 26.3 Å². The third-order valence-corrected chi connectivity index (χ3v) is 2.52. The third-order valence-electron chi connectivity index (χ3n) is 2.52. The summed E-state index contributed by atoms with van der Waals surface area (Å²) in [7, 11) is 0. The monoisotopic (exact) mass is 286 g/mol. The first-order valence-electron chi connectivity index (χ1n) is 4.95. The van der Waals surface area contributed by atoms with E-state index in [0.29, 0.717) is 0 Å². The molecule has 8 heteroatoms. The van der Waals surface area contributed by atoms with Gasteiger partial charge in [0.2, 0.25) is 0 Å². The van der Waals surface area contributed by atoms with Crippen molar-refractivity contribution >= 4 is 5.97 Å². The van der Waals surface area contributed by atoms with Crippen molar-refractivity contribution in [2.45, 2.75) is 25.2 Å². The summed E-state index contributed by atoms with van der Waals surface area (Å²) in [5.41, 5.74) is -4.06. The van der Waals surface area contributed by atoms with Gasteiger partial charge in [-0.3, -0.25) is 4.79 Å². The van der Waals surface area contributed by atoms with Gasteiger partial charge in [0.25, 0.3) is 0 Å². The maximum atomic E-state index is 12.6. The van der Waals surface area contributed by atoms with Gasteiger partial charge in [-0.25, -0.2) is 0 Å². The summed E-state index contributed by atoms with van der Waals surface area (Å²) >= 11 is 0. The van der Waals surface area contributed by atoms with Crippen LogP contribution in [0.15, 0.2) is 18.2 Å². The molecule has 0 aromatic heterocycles. The molecule has 0 amide bonds. The normalized spacial score (nSPS) is 14.3. The number of aliphatic carboxylic acids is 1. The molecular weight excluding hydrogens is 278 g/mol. The predicted octanol–water partition coefficient (Wildman–Crippen LogP) is 3.91. The summed E-state index contributed by atoms with van der Waals surface area (Å²) in [6, 6.07) is 1.20. The number of rotatable bonds is 2. The van der Waals surface area contributed by atoms with Crippen LogP contribution in [0.3, 0.4) is 0 Å². The van der Waals surface area contributed by atoms with Gasteiger partial charge in [-0.05, 0) is 24.6 Å². The molecule has 0 aliphatic heterocycles. The van der Waals surface area contributed by atoms with Crippen LogP contribution in [0.2, 0.25) is 0 Å². The van der Waals surface area contributed by atoms with Crippen molar-refractivity contribution in [3.63, 3.8) is 0 Å². The first-order valence-corrected chi connectivity index (χ1v) is 4.95. The molecule has 1 aromatic carbocycles. The number of carbonyl (C=O) groups is 1. The van der Waals surface area contributed by atoms with Gasteiger partial charge >= 0.3 is 18.3 Å². The zero-order valence-corrected chi connectivity index (χ0v) is 9.43. The van der Waals surface area contributed by atoms with Gasteiger partial charge in [-0.1, -0.05) is 6.07 Å². The Morgan fingerprint density at radius 2 is 1.53 bits per heavy atom. The molecule has 1 N–H and O–H groups in total. The Morgan fingerprint density at radius 1 is 1.05 bits per heavy atom. The second-order valence-electron chi connectivity index (χ2n) is 3.86. The number of hydrogen-bond donors (Lipinski definition) is 1. The molecule has 1 rings (SSSR count). The molecular formula is C11H8F6O2. The van der Waals surface area contributed by atoms with Gasteiger partial charge in [0, 0.05) is 0 Å². The zero-order chi connectivity index (χ0) is 15.0. The molecule has 0 saturated heterocycles. The molecule has 0 spiro atoms. The standard InChI is InChI=1S/C11H8F6O2/c1-5(9(18)19)6-2-3-7(10(12,13)14)8(4-6)11(15,16)17/h2-5H,1H3,(H,18,19). The molecule has 0 bridgehead atoms. The Hall–Kier alpha value is -1.73. The van der Waals surface area contributed by atoms with Crippen molar-refractivity contribution in [3.05, 3.63) is 34.9 Å². The summed E-state index contributed by atoms with van der Waals surface area (Å²) in [5, 5.41) is 8.65. The second kappa shape index (κ2) is 4.75. The van der Waals surface area contributed by atoms with Crippen LogP contribution in [0.25, 0.3) is 0 Å². The Bertz CT molecular complexity index is 489. The molecule has 0 radical (unpaired) electrons. The molecule has 106 valence electrons. The third kappa shape index (κ3) is 3.39. The maximum absolute atomic E-state index is 12.6. The zero-order valence-electron chi connectivity index (χ0n) is 9.43. The lowest BCUT2D eigenvalue weighted by Crippen LogP contribution is -2.18. The highest BCUT2D eigenvalue weighted by atomic mass is 19.4. The van der Waals surface area contributed by atoms with Crippen LogP contribution < -0.4 is 0 Å². The largest absolute Gasteiger partial charge is 0.481 e. The molecule has 0 aliphatic rings. The minimum absolute atomic E-state index is 0.224. The molecule has 0 fully saturated rings. The summed E-state index contributed by atoms with van der Waals surface area (Å²) in [6.07, 6.45) is -10.4. The molecule has 0 saturated carbocycles. The van der Waals surface area contributed by atoms with Crippen molar-refractivity contribution in [1.82, 2.24) is 0 Å². The first kappa shape index (κ1) is 15.3. The average Bonchev–Trinajstić information content (AvgIpc) is 2.24. The number of alkyl halides is 6. The van der Waals surface area contributed by atoms with Crippen molar-refractivity contribution in [2.75, 3.05) is 0 Å². The van der Waals surface area contributed by atoms with Crippen LogP contribution in [-0.2, 0) is 17.1 Å². The summed E-state index contributed by atoms with van der Waals surface area (Å²) in [5.74, 6) is -2.75. The van der Waals surface area contributed by atoms with Gasteiger partial charge in [-0.2, -0.15) is 26.3 Å². The van der Waals surface area contributed by atoms with Crippen LogP contribution in [-0.4, -0.2) is 11.1 Å². The maximum Gasteiger partial charge on any atom is 0.417 e. The fourth-order valence-corrected chi connectivity index (χ4v) is 1.46. The minimum atomic E-state index is -5.21. The molecule has 19 heavy (non-hydrogen) atoms. The van der Waals surface area contributed by atoms with Crippen LogP contribution in [0.1, 0.15) is 29.5 Å². The highest BCUT2D eigenvalue weighted by Crippen LogP contribution is 2.41. The molecule has 0 heterocycles. The summed E-state index contributed by atoms with van der Waals surface area (Å²) in [6.45, 7) is 1.09. The Morgan fingerprint density at radius 3 is 1.89 bits per heavy atom. The molecule has 2 nitrogen and oxygen atoms in total. The van der Waals surface area contributed by atoms with E-state index in [2.05, 4.69) is 0 Å². The summed E-state index contributed by atoms with van der Waals surface area (Å²) in [4.78, 5) is 10.6. The smallest absolute Gasteiger partial charge is 0.417 e. The van der Waals surface area contributed by atoms with E-state index in [1.807, 2.05) is 0 Å². The van der Waals surface area contributed by atoms with Crippen LogP contribution in [0, 0.1) is 0 Å². The van der Waals surface area contributed by atoms with E-state index in [0.717, 1.165) is 13.0 Å². The van der Waals surface area contributed by atoms with Gasteiger partial charge in [0.15, 0.2) is 0 Å². The highest BCUT2D eigenvalue weighted by Gasteiger charge is 2.43. The molecule has 1 aromatic rings. The number of benzene rings is 1. The van der Waals surface area contributed by atoms with E-state index in [-0.39, 0.29) is 17.7 Å². The van der Waals surface area contributed by atoms with E-state index < -0.39 is 35.4 Å². The lowest BCUT2D eigenvalue weighted by atomic mass is 9.95. The lowest BCUT2D eigenvalue weighted by Gasteiger charge is -2.17. The van der Waals surface area contributed by atoms with E-state index in [1.54, 1.807) is 0 Å². The van der Waals surface area contributed by atoms with Crippen molar-refractivity contribution in [3.8, 4) is 0 Å². The Kier molecular flexibility index (Phi) is 3.83. The fourth-order valence-electron chi connectivity index (χ4n) is 1.46. The molecule has 1 unspecified atom stereocenters. The Labute approximate surface area is 103 Å². The van der Waals surface area contributed by atoms with E-state index in [9.17, 15) is 31.1 Å². The minimum Gasteiger partial charge on any atom is -0.481 e. The van der Waals surface area contributed by atoms with Crippen LogP contribution in [0.5, 0.6) is 0 Å². The SMILES string of the molecule is CC(C(=O)O)c1ccc(C(F)(F)F)c(C(F)(F)F)c1. The quantitative estimate of drug-likeness (QED) is 0.837. The van der Waals surface area contributed by atoms with Crippen molar-refractivity contribution in [2.24, 2.45) is 0 Å². The van der Waals surface area contributed by atoms with Crippen LogP contribution >= 0.6 is 0 Å². The van der Waals surface area contributed by atoms with E-state index >= 15 is 0 Å². The van der Waals surface area contributed by atoms with E-state index in [4.69, 9.17) is 5.11 Å². The van der Waals surface area contributed by atoms with Crippen molar-refractivity contribution in [1.29, 1.82) is 0 Å². The topological polar surface area (TPSA) is 37.3 Å². The number of carboxylic acids is 1. The highest BCUT2D eigenvalue weighted by molar-refractivity contribution is 5.75. The van der Waals surface area contributed by atoms with Gasteiger partial charge in [0.05, 0.1) is 17.0 Å². The van der Waals surface area contributed by atoms with Crippen molar-refractivity contribution < 1.29 is 36.2 Å². The molecule has 1 atom stereocenters. The molecule has 0 aliphatic carbocycles. The fraction of sp³-hybridized carbons (Fsp3) is 0.364. The van der Waals surface area contributed by atoms with Gasteiger partial charge < -0.3 is 5.11 Å². The average molecular weight is 286 g/mol. The number of carboxylic acid groups (broad SMARTS) is 1. The summed E-state index contributed by atoms with van der Waals surface area (Å²) < 4.78 is 75.1. The Balaban J connectivity index is 3.44. The predicted molar refractivity (Wildman–Crippen MR) is 52.5 cm³/mol. The van der Waals surface area contributed by atoms with E-state index in [1.165, 1.54) is 0 Å². The number of halogens is 6. The van der Waals surface area contributed by atoms with Gasteiger partial charge in [-0.15, -0.1) is 0 Å². The second-order valence-corrected chi connectivity index (χ2v) is 3.86. The first-order chi connectivity index (χ1) is 8.44.